The molecule has 1 aliphatic rings. The number of nitrogens with zero attached hydrogens (tertiary/aromatic N) is 3. The SMILES string of the molecule is CCNC(=NCC(C)(C)CN(C)C)NCC(c1ccc(OC)c(OC)c1)N1CCOCC1.I. The highest BCUT2D eigenvalue weighted by atomic mass is 127. The Morgan fingerprint density at radius 3 is 2.39 bits per heavy atom. The number of rotatable bonds is 11. The van der Waals surface area contributed by atoms with Gasteiger partial charge in [-0.1, -0.05) is 19.9 Å². The van der Waals surface area contributed by atoms with Gasteiger partial charge in [0.1, 0.15) is 0 Å². The van der Waals surface area contributed by atoms with E-state index in [2.05, 4.69) is 67.4 Å². The maximum Gasteiger partial charge on any atom is 0.191 e. The molecule has 2 rings (SSSR count). The fraction of sp³-hybridized carbons (Fsp3) is 0.708. The molecule has 0 radical (unpaired) electrons. The second-order valence-corrected chi connectivity index (χ2v) is 9.26. The van der Waals surface area contributed by atoms with Gasteiger partial charge in [0.05, 0.1) is 33.5 Å². The minimum atomic E-state index is 0. The van der Waals surface area contributed by atoms with Crippen LogP contribution in [0.4, 0.5) is 0 Å². The number of guanidine groups is 1. The first kappa shape index (κ1) is 29.7. The van der Waals surface area contributed by atoms with E-state index in [1.807, 2.05) is 6.07 Å². The van der Waals surface area contributed by atoms with Crippen LogP contribution in [0.2, 0.25) is 0 Å². The van der Waals surface area contributed by atoms with Gasteiger partial charge in [0.25, 0.3) is 0 Å². The number of ether oxygens (including phenoxy) is 3. The van der Waals surface area contributed by atoms with Crippen molar-refractivity contribution in [2.45, 2.75) is 26.8 Å². The first-order valence-corrected chi connectivity index (χ1v) is 11.5. The molecule has 1 saturated heterocycles. The Morgan fingerprint density at radius 2 is 1.82 bits per heavy atom. The van der Waals surface area contributed by atoms with E-state index in [9.17, 15) is 0 Å². The Labute approximate surface area is 217 Å². The van der Waals surface area contributed by atoms with Crippen LogP contribution in [0.5, 0.6) is 11.5 Å². The molecule has 0 spiro atoms. The normalized spacial score (nSPS) is 16.2. The minimum Gasteiger partial charge on any atom is -0.493 e. The molecule has 1 aromatic rings. The Morgan fingerprint density at radius 1 is 1.15 bits per heavy atom. The number of morpholine rings is 1. The van der Waals surface area contributed by atoms with Crippen LogP contribution in [0.25, 0.3) is 0 Å². The van der Waals surface area contributed by atoms with E-state index in [1.54, 1.807) is 14.2 Å². The zero-order valence-electron chi connectivity index (χ0n) is 21.4. The van der Waals surface area contributed by atoms with E-state index in [4.69, 9.17) is 19.2 Å². The predicted molar refractivity (Wildman–Crippen MR) is 146 cm³/mol. The lowest BCUT2D eigenvalue weighted by molar-refractivity contribution is 0.0169. The summed E-state index contributed by atoms with van der Waals surface area (Å²) in [5, 5.41) is 6.98. The van der Waals surface area contributed by atoms with Crippen molar-refractivity contribution in [3.05, 3.63) is 23.8 Å². The van der Waals surface area contributed by atoms with Crippen LogP contribution >= 0.6 is 24.0 Å². The molecule has 1 unspecified atom stereocenters. The lowest BCUT2D eigenvalue weighted by atomic mass is 9.93. The topological polar surface area (TPSA) is 70.6 Å². The van der Waals surface area contributed by atoms with Crippen LogP contribution in [0.15, 0.2) is 23.2 Å². The van der Waals surface area contributed by atoms with Crippen LogP contribution in [0.1, 0.15) is 32.4 Å². The second-order valence-electron chi connectivity index (χ2n) is 9.26. The molecule has 9 heteroatoms. The van der Waals surface area contributed by atoms with E-state index in [0.717, 1.165) is 69.9 Å². The summed E-state index contributed by atoms with van der Waals surface area (Å²) < 4.78 is 16.6. The second kappa shape index (κ2) is 14.9. The van der Waals surface area contributed by atoms with Gasteiger partial charge in [-0.3, -0.25) is 9.89 Å². The van der Waals surface area contributed by atoms with Gasteiger partial charge in [-0.15, -0.1) is 24.0 Å². The van der Waals surface area contributed by atoms with Crippen molar-refractivity contribution >= 4 is 29.9 Å². The molecule has 33 heavy (non-hydrogen) atoms. The summed E-state index contributed by atoms with van der Waals surface area (Å²) in [5.74, 6) is 2.33. The zero-order chi connectivity index (χ0) is 23.6. The molecule has 0 bridgehead atoms. The molecule has 190 valence electrons. The minimum absolute atomic E-state index is 0. The average Bonchev–Trinajstić information content (AvgIpc) is 2.77. The van der Waals surface area contributed by atoms with Crippen LogP contribution in [0, 0.1) is 5.41 Å². The third-order valence-corrected chi connectivity index (χ3v) is 5.50. The van der Waals surface area contributed by atoms with Crippen molar-refractivity contribution in [1.82, 2.24) is 20.4 Å². The molecule has 8 nitrogen and oxygen atoms in total. The van der Waals surface area contributed by atoms with Crippen molar-refractivity contribution < 1.29 is 14.2 Å². The molecule has 0 aliphatic carbocycles. The molecule has 1 aromatic carbocycles. The maximum atomic E-state index is 5.59. The van der Waals surface area contributed by atoms with Crippen molar-refractivity contribution in [1.29, 1.82) is 0 Å². The van der Waals surface area contributed by atoms with Crippen LogP contribution in [0.3, 0.4) is 0 Å². The molecular formula is C24H44IN5O3. The van der Waals surface area contributed by atoms with Crippen molar-refractivity contribution in [3.63, 3.8) is 0 Å². The summed E-state index contributed by atoms with van der Waals surface area (Å²) in [6.45, 7) is 13.2. The smallest absolute Gasteiger partial charge is 0.191 e. The standard InChI is InChI=1S/C24H43N5O3.HI/c1-8-25-23(27-17-24(2,3)18-28(4)5)26-16-20(29-11-13-32-14-12-29)19-9-10-21(30-6)22(15-19)31-7;/h9-10,15,20H,8,11-14,16-18H2,1-7H3,(H2,25,26,27);1H. The summed E-state index contributed by atoms with van der Waals surface area (Å²) >= 11 is 0. The Kier molecular flexibility index (Phi) is 13.4. The molecule has 0 saturated carbocycles. The highest BCUT2D eigenvalue weighted by molar-refractivity contribution is 14.0. The van der Waals surface area contributed by atoms with Gasteiger partial charge in [-0.2, -0.15) is 0 Å². The molecule has 0 aromatic heterocycles. The number of hydrogen-bond donors (Lipinski definition) is 2. The number of nitrogens with one attached hydrogen (secondary N) is 2. The van der Waals surface area contributed by atoms with E-state index < -0.39 is 0 Å². The van der Waals surface area contributed by atoms with Crippen molar-refractivity contribution in [2.24, 2.45) is 10.4 Å². The van der Waals surface area contributed by atoms with Gasteiger partial charge >= 0.3 is 0 Å². The first-order chi connectivity index (χ1) is 15.3. The van der Waals surface area contributed by atoms with Gasteiger partial charge in [-0.25, -0.2) is 0 Å². The van der Waals surface area contributed by atoms with Gasteiger partial charge in [0.2, 0.25) is 0 Å². The first-order valence-electron chi connectivity index (χ1n) is 11.5. The molecule has 1 heterocycles. The van der Waals surface area contributed by atoms with Crippen LogP contribution < -0.4 is 20.1 Å². The molecule has 1 aliphatic heterocycles. The quantitative estimate of drug-likeness (QED) is 0.238. The van der Waals surface area contributed by atoms with Crippen LogP contribution in [-0.4, -0.2) is 96.6 Å². The molecular weight excluding hydrogens is 533 g/mol. The third-order valence-electron chi connectivity index (χ3n) is 5.50. The Balaban J connectivity index is 0.00000544. The monoisotopic (exact) mass is 577 g/mol. The van der Waals surface area contributed by atoms with Crippen molar-refractivity contribution in [2.75, 3.05) is 80.8 Å². The number of aliphatic imine (C=N–C) groups is 1. The predicted octanol–water partition coefficient (Wildman–Crippen LogP) is 2.84. The average molecular weight is 578 g/mol. The zero-order valence-corrected chi connectivity index (χ0v) is 23.8. The summed E-state index contributed by atoms with van der Waals surface area (Å²) in [5.41, 5.74) is 1.28. The molecule has 0 amide bonds. The van der Waals surface area contributed by atoms with E-state index in [0.29, 0.717) is 0 Å². The van der Waals surface area contributed by atoms with Gasteiger partial charge in [-0.05, 0) is 44.1 Å². The third kappa shape index (κ3) is 9.84. The lowest BCUT2D eigenvalue weighted by Gasteiger charge is -2.35. The number of methoxy groups -OCH3 is 2. The number of benzene rings is 1. The maximum absolute atomic E-state index is 5.59. The molecule has 1 atom stereocenters. The highest BCUT2D eigenvalue weighted by Crippen LogP contribution is 2.32. The fourth-order valence-corrected chi connectivity index (χ4v) is 4.14. The summed E-state index contributed by atoms with van der Waals surface area (Å²) in [6, 6.07) is 6.33. The Hall–Kier alpha value is -1.30. The highest BCUT2D eigenvalue weighted by Gasteiger charge is 2.24. The van der Waals surface area contributed by atoms with Gasteiger partial charge in [0, 0.05) is 39.3 Å². The van der Waals surface area contributed by atoms with E-state index >= 15 is 0 Å². The van der Waals surface area contributed by atoms with E-state index in [-0.39, 0.29) is 35.4 Å². The largest absolute Gasteiger partial charge is 0.493 e. The lowest BCUT2D eigenvalue weighted by Crippen LogP contribution is -2.46. The number of halogens is 1. The van der Waals surface area contributed by atoms with E-state index in [1.165, 1.54) is 5.56 Å². The fourth-order valence-electron chi connectivity index (χ4n) is 4.14. The van der Waals surface area contributed by atoms with Gasteiger partial charge in [0.15, 0.2) is 17.5 Å². The summed E-state index contributed by atoms with van der Waals surface area (Å²) in [4.78, 5) is 9.56. The number of hydrogen-bond acceptors (Lipinski definition) is 6. The van der Waals surface area contributed by atoms with Gasteiger partial charge < -0.3 is 29.7 Å². The summed E-state index contributed by atoms with van der Waals surface area (Å²) in [6.07, 6.45) is 0. The van der Waals surface area contributed by atoms with Crippen molar-refractivity contribution in [3.8, 4) is 11.5 Å². The molecule has 2 N–H and O–H groups in total. The Bertz CT molecular complexity index is 724. The van der Waals surface area contributed by atoms with Crippen LogP contribution in [-0.2, 0) is 4.74 Å². The summed E-state index contributed by atoms with van der Waals surface area (Å²) in [7, 11) is 7.54. The molecule has 1 fully saturated rings.